The van der Waals surface area contributed by atoms with Gasteiger partial charge in [0.05, 0.1) is 22.5 Å². The zero-order chi connectivity index (χ0) is 26.8. The van der Waals surface area contributed by atoms with E-state index in [2.05, 4.69) is 53.0 Å². The Kier molecular flexibility index (Phi) is 8.85. The minimum atomic E-state index is -1.90. The van der Waals surface area contributed by atoms with Gasteiger partial charge in [-0.25, -0.2) is 9.31 Å². The second-order valence-corrected chi connectivity index (χ2v) is 16.9. The summed E-state index contributed by atoms with van der Waals surface area (Å²) in [5.74, 6) is 0. The molecule has 1 atom stereocenters. The molecular weight excluding hydrogens is 462 g/mol. The van der Waals surface area contributed by atoms with Crippen molar-refractivity contribution in [2.75, 3.05) is 11.9 Å². The van der Waals surface area contributed by atoms with Gasteiger partial charge in [-0.15, -0.1) is 0 Å². The Balaban J connectivity index is 2.28. The van der Waals surface area contributed by atoms with Crippen LogP contribution in [0.15, 0.2) is 18.3 Å². The van der Waals surface area contributed by atoms with Crippen molar-refractivity contribution in [3.05, 3.63) is 29.6 Å². The number of aliphatic hydroxyl groups excluding tert-OH is 1. The molecule has 2 aromatic heterocycles. The molecule has 0 aliphatic rings. The predicted molar refractivity (Wildman–Crippen MR) is 142 cm³/mol. The molecule has 0 saturated carbocycles. The van der Waals surface area contributed by atoms with Crippen molar-refractivity contribution in [3.8, 4) is 0 Å². The van der Waals surface area contributed by atoms with Crippen LogP contribution < -0.4 is 5.32 Å². The zero-order valence-electron chi connectivity index (χ0n) is 23.4. The van der Waals surface area contributed by atoms with Gasteiger partial charge in [-0.1, -0.05) is 20.8 Å². The summed E-state index contributed by atoms with van der Waals surface area (Å²) in [6, 6.07) is 3.76. The van der Waals surface area contributed by atoms with E-state index in [-0.39, 0.29) is 10.6 Å². The van der Waals surface area contributed by atoms with Gasteiger partial charge in [-0.2, -0.15) is 5.10 Å². The molecule has 0 radical (unpaired) electrons. The molecule has 0 fully saturated rings. The smallest absolute Gasteiger partial charge is 0.412 e. The Labute approximate surface area is 211 Å². The van der Waals surface area contributed by atoms with Gasteiger partial charge in [0.15, 0.2) is 14.6 Å². The number of pyridine rings is 1. The van der Waals surface area contributed by atoms with Crippen LogP contribution in [0.1, 0.15) is 86.3 Å². The standard InChI is InChI=1S/C26H45N3O5Si/c1-12-32-22(30)20-17-29-19(16-21(20)27-23(31)33-24(2,3)4)15-18(28-29)13-14-26(8,9)34-35(10,11)25(5,6)7/h15-17,22,30H,12-14H2,1-11H3,(H,27,31). The average molecular weight is 508 g/mol. The maximum Gasteiger partial charge on any atom is 0.412 e. The molecule has 2 heterocycles. The first-order valence-electron chi connectivity index (χ1n) is 12.4. The number of aryl methyl sites for hydroxylation is 1. The van der Waals surface area contributed by atoms with Gasteiger partial charge in [0, 0.05) is 18.4 Å². The first-order valence-corrected chi connectivity index (χ1v) is 15.3. The molecule has 0 aliphatic carbocycles. The van der Waals surface area contributed by atoms with Crippen LogP contribution in [0.3, 0.4) is 0 Å². The van der Waals surface area contributed by atoms with Crippen LogP contribution in [0.25, 0.3) is 5.52 Å². The van der Waals surface area contributed by atoms with E-state index in [1.807, 2.05) is 6.07 Å². The Bertz CT molecular complexity index is 1020. The molecule has 2 rings (SSSR count). The highest BCUT2D eigenvalue weighted by atomic mass is 28.4. The maximum absolute atomic E-state index is 12.4. The molecule has 0 saturated heterocycles. The predicted octanol–water partition coefficient (Wildman–Crippen LogP) is 6.44. The van der Waals surface area contributed by atoms with E-state index in [0.717, 1.165) is 24.1 Å². The maximum atomic E-state index is 12.4. The second kappa shape index (κ2) is 10.6. The molecule has 2 aromatic rings. The van der Waals surface area contributed by atoms with Crippen LogP contribution in [0.4, 0.5) is 10.5 Å². The van der Waals surface area contributed by atoms with Crippen molar-refractivity contribution in [3.63, 3.8) is 0 Å². The highest BCUT2D eigenvalue weighted by Crippen LogP contribution is 2.40. The molecule has 0 aliphatic heterocycles. The van der Waals surface area contributed by atoms with E-state index in [4.69, 9.17) is 19.0 Å². The first kappa shape index (κ1) is 29.3. The molecule has 2 N–H and O–H groups in total. The van der Waals surface area contributed by atoms with Crippen LogP contribution >= 0.6 is 0 Å². The lowest BCUT2D eigenvalue weighted by Crippen LogP contribution is -2.47. The fourth-order valence-electron chi connectivity index (χ4n) is 3.52. The van der Waals surface area contributed by atoms with Crippen molar-refractivity contribution in [2.45, 2.75) is 111 Å². The third-order valence-corrected chi connectivity index (χ3v) is 10.9. The largest absolute Gasteiger partial charge is 0.444 e. The lowest BCUT2D eigenvalue weighted by Gasteiger charge is -2.42. The first-order chi connectivity index (χ1) is 15.8. The number of hydrogen-bond acceptors (Lipinski definition) is 6. The number of aromatic nitrogens is 2. The quantitative estimate of drug-likeness (QED) is 0.299. The summed E-state index contributed by atoms with van der Waals surface area (Å²) in [5.41, 5.74) is 1.60. The Hall–Kier alpha value is -1.94. The van der Waals surface area contributed by atoms with Crippen LogP contribution in [-0.4, -0.2) is 46.9 Å². The number of nitrogens with one attached hydrogen (secondary N) is 1. The second-order valence-electron chi connectivity index (χ2n) is 12.2. The fraction of sp³-hybridized carbons (Fsp3) is 0.692. The number of ether oxygens (including phenoxy) is 2. The number of aliphatic hydroxyl groups is 1. The van der Waals surface area contributed by atoms with Crippen LogP contribution in [-0.2, 0) is 20.3 Å². The minimum Gasteiger partial charge on any atom is -0.444 e. The summed E-state index contributed by atoms with van der Waals surface area (Å²) >= 11 is 0. The Morgan fingerprint density at radius 2 is 1.77 bits per heavy atom. The van der Waals surface area contributed by atoms with Crippen LogP contribution in [0, 0.1) is 0 Å². The van der Waals surface area contributed by atoms with E-state index in [1.165, 1.54) is 0 Å². The monoisotopic (exact) mass is 507 g/mol. The summed E-state index contributed by atoms with van der Waals surface area (Å²) in [4.78, 5) is 12.4. The third-order valence-electron chi connectivity index (χ3n) is 6.23. The van der Waals surface area contributed by atoms with E-state index in [1.54, 1.807) is 44.5 Å². The Morgan fingerprint density at radius 3 is 2.31 bits per heavy atom. The summed E-state index contributed by atoms with van der Waals surface area (Å²) in [7, 11) is -1.90. The summed E-state index contributed by atoms with van der Waals surface area (Å²) in [6.07, 6.45) is 1.43. The van der Waals surface area contributed by atoms with Gasteiger partial charge in [0.25, 0.3) is 0 Å². The van der Waals surface area contributed by atoms with E-state index >= 15 is 0 Å². The summed E-state index contributed by atoms with van der Waals surface area (Å²) in [5, 5.41) is 18.1. The van der Waals surface area contributed by atoms with Crippen molar-refractivity contribution in [2.24, 2.45) is 0 Å². The number of rotatable bonds is 9. The van der Waals surface area contributed by atoms with Crippen LogP contribution in [0.2, 0.25) is 18.1 Å². The van der Waals surface area contributed by atoms with Crippen LogP contribution in [0.5, 0.6) is 0 Å². The number of anilines is 1. The average Bonchev–Trinajstić information content (AvgIpc) is 3.04. The number of amides is 1. The molecular formula is C26H45N3O5Si. The van der Waals surface area contributed by atoms with Gasteiger partial charge < -0.3 is 19.0 Å². The van der Waals surface area contributed by atoms with Gasteiger partial charge in [-0.3, -0.25) is 5.32 Å². The molecule has 0 spiro atoms. The molecule has 1 unspecified atom stereocenters. The van der Waals surface area contributed by atoms with E-state index < -0.39 is 26.3 Å². The highest BCUT2D eigenvalue weighted by Gasteiger charge is 2.41. The molecule has 35 heavy (non-hydrogen) atoms. The molecule has 9 heteroatoms. The van der Waals surface area contributed by atoms with Crippen molar-refractivity contribution in [1.29, 1.82) is 0 Å². The van der Waals surface area contributed by atoms with Gasteiger partial charge in [-0.05, 0) is 84.6 Å². The van der Waals surface area contributed by atoms with Crippen molar-refractivity contribution < 1.29 is 23.8 Å². The number of carbonyl (C=O) groups excluding carboxylic acids is 1. The fourth-order valence-corrected chi connectivity index (χ4v) is 5.31. The lowest BCUT2D eigenvalue weighted by molar-refractivity contribution is -0.0977. The number of fused-ring (bicyclic) bond motifs is 1. The summed E-state index contributed by atoms with van der Waals surface area (Å²) < 4.78 is 19.1. The lowest BCUT2D eigenvalue weighted by atomic mass is 10.0. The highest BCUT2D eigenvalue weighted by molar-refractivity contribution is 6.74. The molecule has 0 bridgehead atoms. The van der Waals surface area contributed by atoms with E-state index in [0.29, 0.717) is 17.9 Å². The Morgan fingerprint density at radius 1 is 1.14 bits per heavy atom. The topological polar surface area (TPSA) is 94.3 Å². The SMILES string of the molecule is CCOC(O)c1cn2nc(CCC(C)(C)O[Si](C)(C)C(C)(C)C)cc2cc1NC(=O)OC(C)(C)C. The third kappa shape index (κ3) is 8.30. The molecule has 1 amide bonds. The number of carbonyl (C=O) groups is 1. The molecule has 198 valence electrons. The minimum absolute atomic E-state index is 0.142. The van der Waals surface area contributed by atoms with Gasteiger partial charge in [0.2, 0.25) is 0 Å². The zero-order valence-corrected chi connectivity index (χ0v) is 24.4. The van der Waals surface area contributed by atoms with E-state index in [9.17, 15) is 9.90 Å². The number of hydrogen-bond donors (Lipinski definition) is 2. The molecule has 0 aromatic carbocycles. The summed E-state index contributed by atoms with van der Waals surface area (Å²) in [6.45, 7) is 23.1. The molecule has 8 nitrogen and oxygen atoms in total. The van der Waals surface area contributed by atoms with Gasteiger partial charge in [0.1, 0.15) is 5.60 Å². The van der Waals surface area contributed by atoms with Crippen molar-refractivity contribution in [1.82, 2.24) is 9.61 Å². The normalized spacial score (nSPS) is 14.3. The van der Waals surface area contributed by atoms with Gasteiger partial charge >= 0.3 is 6.09 Å². The van der Waals surface area contributed by atoms with Crippen molar-refractivity contribution >= 4 is 25.6 Å². The number of nitrogens with zero attached hydrogens (tertiary/aromatic N) is 2.